The maximum absolute atomic E-state index is 6.05. The third-order valence-corrected chi connectivity index (χ3v) is 25.6. The van der Waals surface area contributed by atoms with Crippen LogP contribution in [0.2, 0.25) is 0 Å². The van der Waals surface area contributed by atoms with Gasteiger partial charge in [-0.1, -0.05) is 369 Å². The molecule has 6 aliphatic rings. The molecule has 2 heteroatoms. The van der Waals surface area contributed by atoms with Gasteiger partial charge >= 0.3 is 0 Å². The molecule has 0 aliphatic heterocycles. The largest absolute Gasteiger partial charge is 0.456 e. The molecule has 2 nitrogen and oxygen atoms in total. The van der Waals surface area contributed by atoms with E-state index in [1.54, 1.807) is 0 Å². The van der Waals surface area contributed by atoms with E-state index in [-0.39, 0.29) is 16.2 Å². The number of rotatable bonds is 0. The van der Waals surface area contributed by atoms with Crippen molar-refractivity contribution in [3.63, 3.8) is 0 Å². The summed E-state index contributed by atoms with van der Waals surface area (Å²) in [5, 5.41) is 9.80. The monoisotopic (exact) mass is 1450 g/mol. The van der Waals surface area contributed by atoms with Crippen molar-refractivity contribution in [3.05, 3.63) is 477 Å². The van der Waals surface area contributed by atoms with Crippen LogP contribution in [0, 0.1) is 34.6 Å². The van der Waals surface area contributed by atoms with Crippen LogP contribution in [0.25, 0.3) is 132 Å². The number of benzene rings is 18. The Balaban J connectivity index is 0.0000000877. The van der Waals surface area contributed by atoms with Crippen molar-refractivity contribution in [3.8, 4) is 66.8 Å². The Morgan fingerprint density at radius 2 is 0.553 bits per heavy atom. The quantitative estimate of drug-likeness (QED) is 0.151. The van der Waals surface area contributed by atoms with E-state index < -0.39 is 0 Å². The summed E-state index contributed by atoms with van der Waals surface area (Å²) in [6.45, 7) is 10.8. The van der Waals surface area contributed by atoms with Gasteiger partial charge in [0.25, 0.3) is 0 Å². The van der Waals surface area contributed by atoms with E-state index in [1.165, 1.54) is 204 Å². The van der Waals surface area contributed by atoms with Gasteiger partial charge in [-0.3, -0.25) is 0 Å². The van der Waals surface area contributed by atoms with Crippen LogP contribution in [0.5, 0.6) is 0 Å². The molecule has 0 saturated carbocycles. The van der Waals surface area contributed by atoms with E-state index in [2.05, 4.69) is 405 Å². The van der Waals surface area contributed by atoms with Gasteiger partial charge in [-0.15, -0.1) is 0 Å². The zero-order valence-corrected chi connectivity index (χ0v) is 64.2. The first-order chi connectivity index (χ1) is 56.1. The Kier molecular flexibility index (Phi) is 15.2. The van der Waals surface area contributed by atoms with Crippen molar-refractivity contribution in [2.24, 2.45) is 0 Å². The third kappa shape index (κ3) is 9.49. The van der Waals surface area contributed by atoms with Crippen molar-refractivity contribution in [2.75, 3.05) is 0 Å². The van der Waals surface area contributed by atoms with Crippen molar-refractivity contribution in [1.82, 2.24) is 0 Å². The summed E-state index contributed by atoms with van der Waals surface area (Å²) in [7, 11) is 0. The van der Waals surface area contributed by atoms with Gasteiger partial charge in [0.15, 0.2) is 0 Å². The first-order valence-electron chi connectivity index (χ1n) is 39.9. The van der Waals surface area contributed by atoms with Crippen LogP contribution < -0.4 is 0 Å². The normalized spacial score (nSPS) is 13.7. The minimum absolute atomic E-state index is 0.188. The second kappa shape index (κ2) is 25.8. The van der Waals surface area contributed by atoms with Gasteiger partial charge in [0.1, 0.15) is 22.3 Å². The van der Waals surface area contributed by atoms with Crippen LogP contribution >= 0.6 is 0 Å². The van der Waals surface area contributed by atoms with E-state index in [1.807, 2.05) is 12.1 Å². The fraction of sp³-hybridized carbons (Fsp3) is 0.0714. The molecule has 0 amide bonds. The third-order valence-electron chi connectivity index (χ3n) is 25.6. The molecule has 6 aliphatic carbocycles. The molecule has 20 aromatic rings. The number of aryl methyl sites for hydroxylation is 5. The number of fused-ring (bicyclic) bond motifs is 40. The van der Waals surface area contributed by atoms with Crippen LogP contribution in [-0.2, 0) is 16.2 Å². The van der Waals surface area contributed by atoms with E-state index in [0.717, 1.165) is 22.3 Å². The Bertz CT molecular complexity index is 7140. The van der Waals surface area contributed by atoms with Crippen molar-refractivity contribution in [1.29, 1.82) is 0 Å². The lowest BCUT2D eigenvalue weighted by molar-refractivity contribution is 0.669. The van der Waals surface area contributed by atoms with Crippen molar-refractivity contribution >= 4 is 65.4 Å². The molecule has 538 valence electrons. The summed E-state index contributed by atoms with van der Waals surface area (Å²) in [6, 6.07) is 139. The molecule has 0 radical (unpaired) electrons. The van der Waals surface area contributed by atoms with E-state index in [9.17, 15) is 0 Å². The van der Waals surface area contributed by atoms with Crippen molar-refractivity contribution < 1.29 is 8.83 Å². The van der Waals surface area contributed by atoms with Crippen LogP contribution in [0.15, 0.2) is 391 Å². The molecular weight excluding hydrogens is 1380 g/mol. The minimum Gasteiger partial charge on any atom is -0.456 e. The Morgan fingerprint density at radius 1 is 0.184 bits per heavy atom. The summed E-state index contributed by atoms with van der Waals surface area (Å²) in [5.74, 6) is 0. The number of hydrogen-bond acceptors (Lipinski definition) is 2. The van der Waals surface area contributed by atoms with Crippen LogP contribution in [-0.4, -0.2) is 0 Å². The lowest BCUT2D eigenvalue weighted by Crippen LogP contribution is -2.25. The first kappa shape index (κ1) is 67.0. The summed E-state index contributed by atoms with van der Waals surface area (Å²) >= 11 is 0. The molecule has 2 aromatic heterocycles. The summed E-state index contributed by atoms with van der Waals surface area (Å²) in [6.07, 6.45) is 0. The zero-order valence-electron chi connectivity index (χ0n) is 64.2. The van der Waals surface area contributed by atoms with Gasteiger partial charge in [-0.25, -0.2) is 0 Å². The van der Waals surface area contributed by atoms with Gasteiger partial charge < -0.3 is 8.83 Å². The molecule has 2 heterocycles. The van der Waals surface area contributed by atoms with E-state index >= 15 is 0 Å². The van der Waals surface area contributed by atoms with Gasteiger partial charge in [0.05, 0.1) is 16.2 Å². The highest BCUT2D eigenvalue weighted by Crippen LogP contribution is 2.66. The molecule has 114 heavy (non-hydrogen) atoms. The number of hydrogen-bond donors (Lipinski definition) is 0. The molecular formula is C112H78O2. The molecule has 0 atom stereocenters. The minimum atomic E-state index is -0.189. The summed E-state index contributed by atoms with van der Waals surface area (Å²) in [4.78, 5) is 0. The highest BCUT2D eigenvalue weighted by Gasteiger charge is 2.54. The molecule has 18 aromatic carbocycles. The topological polar surface area (TPSA) is 26.3 Å². The average Bonchev–Trinajstić information content (AvgIpc) is 1.50. The summed E-state index contributed by atoms with van der Waals surface area (Å²) < 4.78 is 12.0. The number of furan rings is 2. The lowest BCUT2D eigenvalue weighted by atomic mass is 9.70. The van der Waals surface area contributed by atoms with Crippen molar-refractivity contribution in [2.45, 2.75) is 50.9 Å². The summed E-state index contributed by atoms with van der Waals surface area (Å²) in [5.41, 5.74) is 43.3. The van der Waals surface area contributed by atoms with Crippen LogP contribution in [0.4, 0.5) is 0 Å². The molecule has 26 rings (SSSR count). The molecule has 0 fully saturated rings. The number of para-hydroxylation sites is 1. The second-order valence-corrected chi connectivity index (χ2v) is 31.7. The maximum atomic E-state index is 6.05. The SMILES string of the molecule is Cc1cc2oc3ccccc3c2c2ccccc12.Cc1ccc2c(c1)-c1ccccc1C21c2ccccc2-c2ccccc21.Cc1ccc2c(c1)C1(c3ccccc3-c3ccccc31)c1ccccc1-2.Cc1ccc2c(c1)oc1c3ccccc3ccc21.Cc1cccc2c1-c1ccccc1C21c2ccccc2-c2ccccc21. The molecule has 0 unspecified atom stereocenters. The Labute approximate surface area is 664 Å². The fourth-order valence-corrected chi connectivity index (χ4v) is 21.1. The van der Waals surface area contributed by atoms with Gasteiger partial charge in [-0.05, 0) is 225 Å². The molecule has 3 spiro atoms. The van der Waals surface area contributed by atoms with Crippen LogP contribution in [0.1, 0.15) is 94.6 Å². The molecule has 0 bridgehead atoms. The standard InChI is InChI=1S/3C26H18.2C17H12O/c1-17-9-8-16-24-25(17)20-12-4-7-15-23(20)26(24)21-13-5-2-10-18(21)19-11-3-6-14-22(19)26;1-17-14-15-25-21(16-17)20-10-4-7-13-24(20)26(25)22-11-5-2-8-18(22)19-9-3-6-12-23(19)26;1-17-14-15-21-20-10-4-7-13-24(20)26(25(21)16-17)22-11-5-2-8-18(22)19-9-3-6-12-23(19)26;1-11-10-16-17(13-7-3-2-6-12(11)13)14-8-4-5-9-15(14)18-16;1-11-6-8-14-15-9-7-12-4-2-3-5-13(12)17(15)18-16(14)10-11/h3*2-16H,1H3;2*2-10H,1H3. The Hall–Kier alpha value is -13.9. The highest BCUT2D eigenvalue weighted by atomic mass is 16.3. The van der Waals surface area contributed by atoms with E-state index in [0.29, 0.717) is 0 Å². The fourth-order valence-electron chi connectivity index (χ4n) is 21.1. The van der Waals surface area contributed by atoms with E-state index in [4.69, 9.17) is 8.83 Å². The average molecular weight is 1460 g/mol. The smallest absolute Gasteiger partial charge is 0.143 e. The van der Waals surface area contributed by atoms with Gasteiger partial charge in [0, 0.05) is 26.9 Å². The highest BCUT2D eigenvalue weighted by molar-refractivity contribution is 6.20. The predicted molar refractivity (Wildman–Crippen MR) is 474 cm³/mol. The zero-order chi connectivity index (χ0) is 76.1. The predicted octanol–water partition coefficient (Wildman–Crippen LogP) is 29.1. The maximum Gasteiger partial charge on any atom is 0.143 e. The molecule has 0 N–H and O–H groups in total. The lowest BCUT2D eigenvalue weighted by Gasteiger charge is -2.30. The van der Waals surface area contributed by atoms with Crippen LogP contribution in [0.3, 0.4) is 0 Å². The Morgan fingerprint density at radius 3 is 1.10 bits per heavy atom. The first-order valence-corrected chi connectivity index (χ1v) is 39.9. The van der Waals surface area contributed by atoms with Gasteiger partial charge in [-0.2, -0.15) is 0 Å². The van der Waals surface area contributed by atoms with Gasteiger partial charge in [0.2, 0.25) is 0 Å². The second-order valence-electron chi connectivity index (χ2n) is 31.7. The molecule has 0 saturated heterocycles.